The summed E-state index contributed by atoms with van der Waals surface area (Å²) in [5.74, 6) is -2.09. The molecular formula is C13H15NO4. The van der Waals surface area contributed by atoms with Crippen LogP contribution >= 0.6 is 0 Å². The average Bonchev–Trinajstić information content (AvgIpc) is 2.70. The Morgan fingerprint density at radius 1 is 1.50 bits per heavy atom. The number of benzene rings is 1. The van der Waals surface area contributed by atoms with Crippen LogP contribution in [-0.2, 0) is 9.59 Å². The first-order valence-corrected chi connectivity index (χ1v) is 5.69. The van der Waals surface area contributed by atoms with Gasteiger partial charge in [0.05, 0.1) is 7.11 Å². The summed E-state index contributed by atoms with van der Waals surface area (Å²) in [5, 5.41) is 11.7. The van der Waals surface area contributed by atoms with Gasteiger partial charge in [-0.15, -0.1) is 0 Å². The lowest BCUT2D eigenvalue weighted by Gasteiger charge is -2.16. The van der Waals surface area contributed by atoms with Crippen molar-refractivity contribution in [1.82, 2.24) is 5.32 Å². The predicted molar refractivity (Wildman–Crippen MR) is 64.6 cm³/mol. The molecule has 0 unspecified atom stereocenters. The van der Waals surface area contributed by atoms with Crippen LogP contribution in [0.15, 0.2) is 18.2 Å². The fourth-order valence-electron chi connectivity index (χ4n) is 2.39. The minimum absolute atomic E-state index is 0.319. The molecule has 0 bridgehead atoms. The van der Waals surface area contributed by atoms with Crippen molar-refractivity contribution < 1.29 is 19.4 Å². The van der Waals surface area contributed by atoms with Gasteiger partial charge in [0.2, 0.25) is 5.91 Å². The molecule has 2 N–H and O–H groups in total. The standard InChI is InChI=1S/C13H15NO4/c1-7-5-8(18-2)3-4-9(7)10-6-14-12(15)11(10)13(16)17/h3-5,10-11H,6H2,1-2H3,(H,14,15)(H,16,17)/t10-,11-/m1/s1. The highest BCUT2D eigenvalue weighted by Gasteiger charge is 2.41. The number of aryl methyl sites for hydroxylation is 1. The highest BCUT2D eigenvalue weighted by Crippen LogP contribution is 2.32. The Balaban J connectivity index is 2.36. The van der Waals surface area contributed by atoms with Crippen LogP contribution in [0.2, 0.25) is 0 Å². The molecule has 2 atom stereocenters. The van der Waals surface area contributed by atoms with Gasteiger partial charge < -0.3 is 15.2 Å². The van der Waals surface area contributed by atoms with E-state index in [4.69, 9.17) is 9.84 Å². The summed E-state index contributed by atoms with van der Waals surface area (Å²) < 4.78 is 5.11. The van der Waals surface area contributed by atoms with Crippen LogP contribution < -0.4 is 10.1 Å². The van der Waals surface area contributed by atoms with E-state index >= 15 is 0 Å². The van der Waals surface area contributed by atoms with Crippen molar-refractivity contribution in [1.29, 1.82) is 0 Å². The second kappa shape index (κ2) is 4.68. The third-order valence-electron chi connectivity index (χ3n) is 3.32. The molecule has 96 valence electrons. The average molecular weight is 249 g/mol. The minimum atomic E-state index is -1.08. The molecule has 1 fully saturated rings. The smallest absolute Gasteiger partial charge is 0.316 e. The second-order valence-electron chi connectivity index (χ2n) is 4.39. The van der Waals surface area contributed by atoms with E-state index in [1.165, 1.54) is 0 Å². The molecule has 0 saturated carbocycles. The van der Waals surface area contributed by atoms with Gasteiger partial charge in [0.15, 0.2) is 0 Å². The summed E-state index contributed by atoms with van der Waals surface area (Å²) in [5.41, 5.74) is 1.81. The lowest BCUT2D eigenvalue weighted by atomic mass is 9.86. The number of hydrogen-bond acceptors (Lipinski definition) is 3. The van der Waals surface area contributed by atoms with Gasteiger partial charge in [-0.2, -0.15) is 0 Å². The molecule has 2 rings (SSSR count). The normalized spacial score (nSPS) is 22.7. The maximum atomic E-state index is 11.5. The number of carbonyl (C=O) groups excluding carboxylic acids is 1. The molecule has 1 aliphatic rings. The van der Waals surface area contributed by atoms with Gasteiger partial charge in [-0.05, 0) is 30.2 Å². The zero-order valence-corrected chi connectivity index (χ0v) is 10.3. The number of carbonyl (C=O) groups is 2. The van der Waals surface area contributed by atoms with E-state index in [-0.39, 0.29) is 5.92 Å². The Morgan fingerprint density at radius 3 is 2.78 bits per heavy atom. The number of carboxylic acid groups (broad SMARTS) is 1. The summed E-state index contributed by atoms with van der Waals surface area (Å²) in [6.45, 7) is 2.25. The monoisotopic (exact) mass is 249 g/mol. The van der Waals surface area contributed by atoms with Crippen molar-refractivity contribution in [3.8, 4) is 5.75 Å². The van der Waals surface area contributed by atoms with E-state index in [1.807, 2.05) is 19.1 Å². The SMILES string of the molecule is COc1ccc([C@H]2CNC(=O)[C@@H]2C(=O)O)c(C)c1. The summed E-state index contributed by atoms with van der Waals surface area (Å²) in [7, 11) is 1.58. The first kappa shape index (κ1) is 12.4. The molecule has 0 aliphatic carbocycles. The van der Waals surface area contributed by atoms with Gasteiger partial charge in [-0.3, -0.25) is 9.59 Å². The van der Waals surface area contributed by atoms with Crippen LogP contribution in [0.3, 0.4) is 0 Å². The summed E-state index contributed by atoms with van der Waals surface area (Å²) in [6, 6.07) is 5.45. The van der Waals surface area contributed by atoms with E-state index in [9.17, 15) is 9.59 Å². The van der Waals surface area contributed by atoms with E-state index in [1.54, 1.807) is 13.2 Å². The minimum Gasteiger partial charge on any atom is -0.497 e. The van der Waals surface area contributed by atoms with Crippen molar-refractivity contribution in [2.24, 2.45) is 5.92 Å². The van der Waals surface area contributed by atoms with Crippen molar-refractivity contribution in [2.75, 3.05) is 13.7 Å². The van der Waals surface area contributed by atoms with Gasteiger partial charge in [0.25, 0.3) is 0 Å². The molecule has 1 amide bonds. The molecule has 5 nitrogen and oxygen atoms in total. The predicted octanol–water partition coefficient (Wildman–Crippen LogP) is 0.918. The van der Waals surface area contributed by atoms with E-state index < -0.39 is 17.8 Å². The Hall–Kier alpha value is -2.04. The molecule has 0 radical (unpaired) electrons. The first-order valence-electron chi connectivity index (χ1n) is 5.69. The lowest BCUT2D eigenvalue weighted by Crippen LogP contribution is -2.26. The number of amides is 1. The fourth-order valence-corrected chi connectivity index (χ4v) is 2.39. The second-order valence-corrected chi connectivity index (χ2v) is 4.39. The van der Waals surface area contributed by atoms with Crippen LogP contribution in [0.5, 0.6) is 5.75 Å². The molecule has 1 heterocycles. The molecule has 1 aromatic carbocycles. The third-order valence-corrected chi connectivity index (χ3v) is 3.32. The van der Waals surface area contributed by atoms with E-state index in [2.05, 4.69) is 5.32 Å². The third kappa shape index (κ3) is 2.03. The Kier molecular flexibility index (Phi) is 3.23. The largest absolute Gasteiger partial charge is 0.497 e. The van der Waals surface area contributed by atoms with Crippen LogP contribution in [0.4, 0.5) is 0 Å². The Bertz CT molecular complexity index is 498. The van der Waals surface area contributed by atoms with Gasteiger partial charge in [-0.25, -0.2) is 0 Å². The van der Waals surface area contributed by atoms with Crippen molar-refractivity contribution in [3.05, 3.63) is 29.3 Å². The molecule has 1 aromatic rings. The Morgan fingerprint density at radius 2 is 2.22 bits per heavy atom. The van der Waals surface area contributed by atoms with Gasteiger partial charge >= 0.3 is 5.97 Å². The molecule has 18 heavy (non-hydrogen) atoms. The number of carboxylic acids is 1. The number of ether oxygens (including phenoxy) is 1. The van der Waals surface area contributed by atoms with Gasteiger partial charge in [0.1, 0.15) is 11.7 Å². The Labute approximate surface area is 105 Å². The van der Waals surface area contributed by atoms with E-state index in [0.29, 0.717) is 6.54 Å². The summed E-state index contributed by atoms with van der Waals surface area (Å²) >= 11 is 0. The number of rotatable bonds is 3. The summed E-state index contributed by atoms with van der Waals surface area (Å²) in [6.07, 6.45) is 0. The van der Waals surface area contributed by atoms with Crippen molar-refractivity contribution in [3.63, 3.8) is 0 Å². The lowest BCUT2D eigenvalue weighted by molar-refractivity contribution is -0.145. The zero-order valence-electron chi connectivity index (χ0n) is 10.3. The maximum absolute atomic E-state index is 11.5. The van der Waals surface area contributed by atoms with Crippen LogP contribution in [0.1, 0.15) is 17.0 Å². The molecule has 1 aliphatic heterocycles. The van der Waals surface area contributed by atoms with E-state index in [0.717, 1.165) is 16.9 Å². The number of nitrogens with one attached hydrogen (secondary N) is 1. The highest BCUT2D eigenvalue weighted by atomic mass is 16.5. The van der Waals surface area contributed by atoms with Crippen molar-refractivity contribution >= 4 is 11.9 Å². The van der Waals surface area contributed by atoms with Gasteiger partial charge in [-0.1, -0.05) is 6.07 Å². The number of aliphatic carboxylic acids is 1. The zero-order chi connectivity index (χ0) is 13.3. The molecular weight excluding hydrogens is 234 g/mol. The van der Waals surface area contributed by atoms with Crippen LogP contribution in [0, 0.1) is 12.8 Å². The first-order chi connectivity index (χ1) is 8.54. The van der Waals surface area contributed by atoms with Crippen LogP contribution in [-0.4, -0.2) is 30.6 Å². The highest BCUT2D eigenvalue weighted by molar-refractivity contribution is 5.99. The molecule has 1 saturated heterocycles. The molecule has 0 spiro atoms. The van der Waals surface area contributed by atoms with Crippen LogP contribution in [0.25, 0.3) is 0 Å². The molecule has 0 aromatic heterocycles. The quantitative estimate of drug-likeness (QED) is 0.781. The molecule has 5 heteroatoms. The maximum Gasteiger partial charge on any atom is 0.316 e. The fraction of sp³-hybridized carbons (Fsp3) is 0.385. The number of methoxy groups -OCH3 is 1. The number of hydrogen-bond donors (Lipinski definition) is 2. The topological polar surface area (TPSA) is 75.6 Å². The van der Waals surface area contributed by atoms with Crippen molar-refractivity contribution in [2.45, 2.75) is 12.8 Å². The summed E-state index contributed by atoms with van der Waals surface area (Å²) in [4.78, 5) is 22.7. The van der Waals surface area contributed by atoms with Gasteiger partial charge in [0, 0.05) is 12.5 Å².